The van der Waals surface area contributed by atoms with Crippen LogP contribution in [0.1, 0.15) is 23.2 Å². The van der Waals surface area contributed by atoms with Crippen molar-refractivity contribution in [1.29, 1.82) is 0 Å². The molecule has 0 spiro atoms. The van der Waals surface area contributed by atoms with Crippen molar-refractivity contribution in [2.24, 2.45) is 0 Å². The molecular formula is C18H20N4O2. The molecule has 2 aromatic rings. The maximum atomic E-state index is 12.3. The van der Waals surface area contributed by atoms with Crippen LogP contribution in [0.4, 0.5) is 5.82 Å². The number of rotatable bonds is 5. The fraction of sp³-hybridized carbons (Fsp3) is 0.333. The lowest BCUT2D eigenvalue weighted by Gasteiger charge is -2.35. The van der Waals surface area contributed by atoms with Crippen LogP contribution in [0, 0.1) is 0 Å². The number of amides is 1. The third-order valence-electron chi connectivity index (χ3n) is 4.17. The van der Waals surface area contributed by atoms with Crippen molar-refractivity contribution >= 4 is 17.5 Å². The molecule has 1 amide bonds. The van der Waals surface area contributed by atoms with Gasteiger partial charge >= 0.3 is 0 Å². The van der Waals surface area contributed by atoms with Gasteiger partial charge in [0.1, 0.15) is 5.82 Å². The number of hydrogen-bond acceptors (Lipinski definition) is 5. The Balaban J connectivity index is 1.46. The van der Waals surface area contributed by atoms with Gasteiger partial charge in [0.15, 0.2) is 5.78 Å². The quantitative estimate of drug-likeness (QED) is 0.785. The lowest BCUT2D eigenvalue weighted by molar-refractivity contribution is -0.131. The lowest BCUT2D eigenvalue weighted by Crippen LogP contribution is -2.49. The summed E-state index contributed by atoms with van der Waals surface area (Å²) >= 11 is 0. The van der Waals surface area contributed by atoms with Gasteiger partial charge in [-0.25, -0.2) is 4.98 Å². The Hall–Kier alpha value is -2.76. The standard InChI is InChI=1S/C18H20N4O2/c23-16(15-4-2-1-3-5-15)6-7-18(24)22-12-10-21(11-13-22)17-14-19-8-9-20-17/h1-5,8-9,14H,6-7,10-13H2. The number of hydrogen-bond donors (Lipinski definition) is 0. The van der Waals surface area contributed by atoms with Crippen LogP contribution >= 0.6 is 0 Å². The first kappa shape index (κ1) is 16.1. The van der Waals surface area contributed by atoms with Crippen molar-refractivity contribution < 1.29 is 9.59 Å². The Bertz CT molecular complexity index is 683. The van der Waals surface area contributed by atoms with Gasteiger partial charge in [0, 0.05) is 57.0 Å². The Morgan fingerprint density at radius 1 is 0.958 bits per heavy atom. The Labute approximate surface area is 141 Å². The van der Waals surface area contributed by atoms with Crippen LogP contribution in [0.3, 0.4) is 0 Å². The smallest absolute Gasteiger partial charge is 0.223 e. The molecule has 1 aromatic carbocycles. The van der Waals surface area contributed by atoms with E-state index in [-0.39, 0.29) is 24.5 Å². The molecule has 0 bridgehead atoms. The fourth-order valence-corrected chi connectivity index (χ4v) is 2.79. The molecule has 24 heavy (non-hydrogen) atoms. The van der Waals surface area contributed by atoms with Gasteiger partial charge in [0.25, 0.3) is 0 Å². The first-order valence-corrected chi connectivity index (χ1v) is 8.11. The highest BCUT2D eigenvalue weighted by Crippen LogP contribution is 2.13. The highest BCUT2D eigenvalue weighted by molar-refractivity contribution is 5.97. The van der Waals surface area contributed by atoms with E-state index in [4.69, 9.17) is 0 Å². The molecule has 1 aromatic heterocycles. The highest BCUT2D eigenvalue weighted by atomic mass is 16.2. The minimum Gasteiger partial charge on any atom is -0.352 e. The number of benzene rings is 1. The van der Waals surface area contributed by atoms with Gasteiger partial charge in [-0.05, 0) is 0 Å². The number of carbonyl (C=O) groups is 2. The summed E-state index contributed by atoms with van der Waals surface area (Å²) in [6.45, 7) is 2.76. The summed E-state index contributed by atoms with van der Waals surface area (Å²) in [6.07, 6.45) is 5.57. The van der Waals surface area contributed by atoms with Gasteiger partial charge < -0.3 is 9.80 Å². The van der Waals surface area contributed by atoms with Crippen LogP contribution in [0.15, 0.2) is 48.9 Å². The molecule has 0 saturated carbocycles. The zero-order valence-corrected chi connectivity index (χ0v) is 13.5. The summed E-state index contributed by atoms with van der Waals surface area (Å²) in [5.41, 5.74) is 0.665. The molecule has 124 valence electrons. The van der Waals surface area contributed by atoms with E-state index >= 15 is 0 Å². The average Bonchev–Trinajstić information content (AvgIpc) is 2.67. The van der Waals surface area contributed by atoms with E-state index < -0.39 is 0 Å². The van der Waals surface area contributed by atoms with Gasteiger partial charge in [-0.15, -0.1) is 0 Å². The zero-order chi connectivity index (χ0) is 16.8. The summed E-state index contributed by atoms with van der Waals surface area (Å²) < 4.78 is 0. The number of carbonyl (C=O) groups excluding carboxylic acids is 2. The largest absolute Gasteiger partial charge is 0.352 e. The first-order chi connectivity index (χ1) is 11.7. The van der Waals surface area contributed by atoms with Crippen molar-refractivity contribution in [2.45, 2.75) is 12.8 Å². The van der Waals surface area contributed by atoms with Crippen molar-refractivity contribution in [3.63, 3.8) is 0 Å². The Kier molecular flexibility index (Phi) is 5.15. The second kappa shape index (κ2) is 7.68. The van der Waals surface area contributed by atoms with E-state index in [1.807, 2.05) is 23.1 Å². The van der Waals surface area contributed by atoms with Crippen molar-refractivity contribution in [3.05, 3.63) is 54.5 Å². The van der Waals surface area contributed by atoms with Gasteiger partial charge in [0.05, 0.1) is 6.20 Å². The zero-order valence-electron chi connectivity index (χ0n) is 13.5. The van der Waals surface area contributed by atoms with Crippen LogP contribution in [-0.4, -0.2) is 52.7 Å². The molecule has 0 atom stereocenters. The molecule has 1 fully saturated rings. The van der Waals surface area contributed by atoms with E-state index in [1.165, 1.54) is 0 Å². The monoisotopic (exact) mass is 324 g/mol. The maximum absolute atomic E-state index is 12.3. The number of Topliss-reactive ketones (excluding diaryl/α,β-unsaturated/α-hetero) is 1. The van der Waals surface area contributed by atoms with Crippen LogP contribution in [0.25, 0.3) is 0 Å². The number of anilines is 1. The molecule has 1 aliphatic rings. The summed E-state index contributed by atoms with van der Waals surface area (Å²) in [6, 6.07) is 9.11. The molecule has 2 heterocycles. The summed E-state index contributed by atoms with van der Waals surface area (Å²) in [7, 11) is 0. The van der Waals surface area contributed by atoms with E-state index in [1.54, 1.807) is 30.7 Å². The predicted octanol–water partition coefficient (Wildman–Crippen LogP) is 1.79. The third kappa shape index (κ3) is 3.95. The molecule has 0 aliphatic carbocycles. The second-order valence-electron chi connectivity index (χ2n) is 5.72. The van der Waals surface area contributed by atoms with E-state index in [9.17, 15) is 9.59 Å². The number of aromatic nitrogens is 2. The second-order valence-corrected chi connectivity index (χ2v) is 5.72. The molecule has 3 rings (SSSR count). The highest BCUT2D eigenvalue weighted by Gasteiger charge is 2.22. The topological polar surface area (TPSA) is 66.4 Å². The third-order valence-corrected chi connectivity index (χ3v) is 4.17. The molecule has 0 N–H and O–H groups in total. The van der Waals surface area contributed by atoms with Crippen LogP contribution in [0.5, 0.6) is 0 Å². The summed E-state index contributed by atoms with van der Waals surface area (Å²) in [5.74, 6) is 0.893. The number of piperazine rings is 1. The first-order valence-electron chi connectivity index (χ1n) is 8.11. The van der Waals surface area contributed by atoms with Crippen LogP contribution in [0.2, 0.25) is 0 Å². The van der Waals surface area contributed by atoms with Crippen molar-refractivity contribution in [1.82, 2.24) is 14.9 Å². The fourth-order valence-electron chi connectivity index (χ4n) is 2.79. The van der Waals surface area contributed by atoms with Crippen molar-refractivity contribution in [2.75, 3.05) is 31.1 Å². The lowest BCUT2D eigenvalue weighted by atomic mass is 10.1. The van der Waals surface area contributed by atoms with Gasteiger partial charge in [-0.3, -0.25) is 14.6 Å². The Morgan fingerprint density at radius 2 is 1.71 bits per heavy atom. The molecule has 6 heteroatoms. The van der Waals surface area contributed by atoms with Crippen molar-refractivity contribution in [3.8, 4) is 0 Å². The molecular weight excluding hydrogens is 304 g/mol. The van der Waals surface area contributed by atoms with Crippen LogP contribution < -0.4 is 4.90 Å². The Morgan fingerprint density at radius 3 is 2.38 bits per heavy atom. The summed E-state index contributed by atoms with van der Waals surface area (Å²) in [4.78, 5) is 36.7. The average molecular weight is 324 g/mol. The molecule has 1 aliphatic heterocycles. The van der Waals surface area contributed by atoms with Crippen LogP contribution in [-0.2, 0) is 4.79 Å². The molecule has 0 radical (unpaired) electrons. The predicted molar refractivity (Wildman–Crippen MR) is 90.8 cm³/mol. The SMILES string of the molecule is O=C(CCC(=O)N1CCN(c2cnccn2)CC1)c1ccccc1. The normalized spacial score (nSPS) is 14.5. The van der Waals surface area contributed by atoms with E-state index in [0.717, 1.165) is 18.9 Å². The summed E-state index contributed by atoms with van der Waals surface area (Å²) in [5, 5.41) is 0. The molecule has 0 unspecified atom stereocenters. The molecule has 1 saturated heterocycles. The minimum atomic E-state index is 0.0159. The van der Waals surface area contributed by atoms with E-state index in [0.29, 0.717) is 18.7 Å². The van der Waals surface area contributed by atoms with E-state index in [2.05, 4.69) is 14.9 Å². The number of ketones is 1. The minimum absolute atomic E-state index is 0.0159. The number of nitrogens with zero attached hydrogens (tertiary/aromatic N) is 4. The molecule has 6 nitrogen and oxygen atoms in total. The van der Waals surface area contributed by atoms with Gasteiger partial charge in [-0.1, -0.05) is 30.3 Å². The maximum Gasteiger partial charge on any atom is 0.223 e. The van der Waals surface area contributed by atoms with Gasteiger partial charge in [0.2, 0.25) is 5.91 Å². The van der Waals surface area contributed by atoms with Gasteiger partial charge in [-0.2, -0.15) is 0 Å².